The van der Waals surface area contributed by atoms with Crippen molar-refractivity contribution in [1.82, 2.24) is 0 Å². The summed E-state index contributed by atoms with van der Waals surface area (Å²) in [5.74, 6) is 1.08. The average molecular weight is 256 g/mol. The van der Waals surface area contributed by atoms with E-state index in [2.05, 4.69) is 36.9 Å². The molecule has 1 aromatic carbocycles. The minimum atomic E-state index is 0.836. The summed E-state index contributed by atoms with van der Waals surface area (Å²) in [5.41, 5.74) is 3.69. The van der Waals surface area contributed by atoms with E-state index in [0.29, 0.717) is 0 Å². The van der Waals surface area contributed by atoms with Crippen LogP contribution in [0.4, 0.5) is 0 Å². The van der Waals surface area contributed by atoms with Gasteiger partial charge in [-0.2, -0.15) is 0 Å². The third-order valence-electron chi connectivity index (χ3n) is 3.23. The van der Waals surface area contributed by atoms with E-state index in [1.54, 1.807) is 11.3 Å². The molecule has 1 aromatic heterocycles. The maximum atomic E-state index is 5.86. The Morgan fingerprint density at radius 3 is 2.94 bits per heavy atom. The Labute approximate surface area is 112 Å². The number of thiophene rings is 1. The van der Waals surface area contributed by atoms with Gasteiger partial charge < -0.3 is 4.74 Å². The first kappa shape index (κ1) is 11.5. The van der Waals surface area contributed by atoms with Crippen molar-refractivity contribution in [2.75, 3.05) is 6.61 Å². The maximum Gasteiger partial charge on any atom is 0.131 e. The topological polar surface area (TPSA) is 9.23 Å². The highest BCUT2D eigenvalue weighted by Gasteiger charge is 2.16. The number of para-hydroxylation sites is 1. The number of allylic oxidation sites excluding steroid dienone is 1. The summed E-state index contributed by atoms with van der Waals surface area (Å²) < 4.78 is 5.86. The van der Waals surface area contributed by atoms with Crippen molar-refractivity contribution in [2.24, 2.45) is 0 Å². The van der Waals surface area contributed by atoms with Gasteiger partial charge in [-0.05, 0) is 49.1 Å². The summed E-state index contributed by atoms with van der Waals surface area (Å²) in [4.78, 5) is 2.52. The number of hydrogen-bond donors (Lipinski definition) is 0. The highest BCUT2D eigenvalue weighted by atomic mass is 32.1. The fourth-order valence-corrected chi connectivity index (χ4v) is 3.25. The van der Waals surface area contributed by atoms with Crippen molar-refractivity contribution in [3.63, 3.8) is 0 Å². The predicted molar refractivity (Wildman–Crippen MR) is 78.3 cm³/mol. The molecule has 2 aromatic rings. The molecule has 0 unspecified atom stereocenters. The first-order chi connectivity index (χ1) is 8.75. The Morgan fingerprint density at radius 1 is 1.28 bits per heavy atom. The van der Waals surface area contributed by atoms with Gasteiger partial charge in [-0.1, -0.05) is 18.7 Å². The molecule has 0 fully saturated rings. The van der Waals surface area contributed by atoms with Crippen LogP contribution in [0.3, 0.4) is 0 Å². The first-order valence-corrected chi connectivity index (χ1v) is 7.08. The molecule has 2 heterocycles. The fraction of sp³-hybridized carbons (Fsp3) is 0.250. The minimum Gasteiger partial charge on any atom is -0.493 e. The van der Waals surface area contributed by atoms with E-state index < -0.39 is 0 Å². The Bertz CT molecular complexity index is 595. The van der Waals surface area contributed by atoms with Gasteiger partial charge in [0.05, 0.1) is 6.61 Å². The molecule has 92 valence electrons. The molecule has 1 aliphatic rings. The van der Waals surface area contributed by atoms with E-state index in [1.807, 2.05) is 6.92 Å². The molecular formula is C16H16OS. The van der Waals surface area contributed by atoms with Crippen LogP contribution in [-0.4, -0.2) is 6.61 Å². The Hall–Kier alpha value is -1.54. The van der Waals surface area contributed by atoms with Crippen LogP contribution in [0.2, 0.25) is 0 Å². The van der Waals surface area contributed by atoms with E-state index >= 15 is 0 Å². The zero-order valence-electron chi connectivity index (χ0n) is 10.5. The van der Waals surface area contributed by atoms with Gasteiger partial charge in [0.1, 0.15) is 5.75 Å². The smallest absolute Gasteiger partial charge is 0.131 e. The van der Waals surface area contributed by atoms with Gasteiger partial charge in [0, 0.05) is 15.3 Å². The average Bonchev–Trinajstić information content (AvgIpc) is 2.87. The van der Waals surface area contributed by atoms with Crippen LogP contribution in [-0.2, 0) is 6.42 Å². The van der Waals surface area contributed by atoms with Crippen molar-refractivity contribution in [1.29, 1.82) is 0 Å². The van der Waals surface area contributed by atoms with Crippen molar-refractivity contribution in [3.8, 4) is 16.2 Å². The summed E-state index contributed by atoms with van der Waals surface area (Å²) >= 11 is 1.79. The molecular weight excluding hydrogens is 240 g/mol. The van der Waals surface area contributed by atoms with E-state index in [4.69, 9.17) is 4.74 Å². The Balaban J connectivity index is 2.08. The molecule has 0 saturated heterocycles. The lowest BCUT2D eigenvalue weighted by atomic mass is 10.0. The number of rotatable bonds is 2. The molecule has 1 nitrogen and oxygen atoms in total. The molecule has 0 saturated carbocycles. The number of aryl methyl sites for hydroxylation is 1. The molecule has 0 spiro atoms. The zero-order chi connectivity index (χ0) is 12.5. The van der Waals surface area contributed by atoms with Crippen molar-refractivity contribution in [3.05, 3.63) is 47.4 Å². The SMILES string of the molecule is C=C(C)c1ccc(-c2cccc3c2OCCC3)s1. The maximum absolute atomic E-state index is 5.86. The fourth-order valence-electron chi connectivity index (χ4n) is 2.30. The van der Waals surface area contributed by atoms with Crippen LogP contribution in [0, 0.1) is 0 Å². The molecule has 0 atom stereocenters. The van der Waals surface area contributed by atoms with E-state index in [1.165, 1.54) is 20.9 Å². The summed E-state index contributed by atoms with van der Waals surface area (Å²) in [7, 11) is 0. The standard InChI is InChI=1S/C16H16OS/c1-11(2)14-8-9-15(18-14)13-7-3-5-12-6-4-10-17-16(12)13/h3,5,7-9H,1,4,6,10H2,2H3. The second kappa shape index (κ2) is 4.62. The highest BCUT2D eigenvalue weighted by Crippen LogP contribution is 2.40. The predicted octanol–water partition coefficient (Wildman–Crippen LogP) is 4.77. The van der Waals surface area contributed by atoms with Crippen molar-refractivity contribution >= 4 is 16.9 Å². The number of hydrogen-bond acceptors (Lipinski definition) is 2. The molecule has 0 N–H and O–H groups in total. The number of fused-ring (bicyclic) bond motifs is 1. The summed E-state index contributed by atoms with van der Waals surface area (Å²) in [6.07, 6.45) is 2.25. The first-order valence-electron chi connectivity index (χ1n) is 6.26. The lowest BCUT2D eigenvalue weighted by Gasteiger charge is -2.19. The quantitative estimate of drug-likeness (QED) is 0.751. The lowest BCUT2D eigenvalue weighted by molar-refractivity contribution is 0.290. The summed E-state index contributed by atoms with van der Waals surface area (Å²) in [6, 6.07) is 10.8. The monoisotopic (exact) mass is 256 g/mol. The minimum absolute atomic E-state index is 0.836. The molecule has 2 heteroatoms. The molecule has 18 heavy (non-hydrogen) atoms. The second-order valence-electron chi connectivity index (χ2n) is 4.69. The van der Waals surface area contributed by atoms with Crippen LogP contribution in [0.1, 0.15) is 23.8 Å². The molecule has 0 aliphatic carbocycles. The largest absolute Gasteiger partial charge is 0.493 e. The van der Waals surface area contributed by atoms with Gasteiger partial charge in [0.25, 0.3) is 0 Å². The summed E-state index contributed by atoms with van der Waals surface area (Å²) in [5, 5.41) is 0. The van der Waals surface area contributed by atoms with E-state index in [9.17, 15) is 0 Å². The van der Waals surface area contributed by atoms with Crippen LogP contribution in [0.5, 0.6) is 5.75 Å². The van der Waals surface area contributed by atoms with Gasteiger partial charge in [0.15, 0.2) is 0 Å². The van der Waals surface area contributed by atoms with Crippen LogP contribution in [0.15, 0.2) is 36.9 Å². The zero-order valence-corrected chi connectivity index (χ0v) is 11.3. The Kier molecular flexibility index (Phi) is 2.96. The van der Waals surface area contributed by atoms with Gasteiger partial charge in [-0.15, -0.1) is 11.3 Å². The van der Waals surface area contributed by atoms with Gasteiger partial charge in [0.2, 0.25) is 0 Å². The third kappa shape index (κ3) is 1.97. The molecule has 0 radical (unpaired) electrons. The normalized spacial score (nSPS) is 13.8. The van der Waals surface area contributed by atoms with Gasteiger partial charge >= 0.3 is 0 Å². The van der Waals surface area contributed by atoms with Crippen molar-refractivity contribution < 1.29 is 4.74 Å². The number of benzene rings is 1. The van der Waals surface area contributed by atoms with E-state index in [-0.39, 0.29) is 0 Å². The van der Waals surface area contributed by atoms with E-state index in [0.717, 1.165) is 30.8 Å². The van der Waals surface area contributed by atoms with Crippen LogP contribution in [0.25, 0.3) is 16.0 Å². The molecule has 3 rings (SSSR count). The number of ether oxygens (including phenoxy) is 1. The lowest BCUT2D eigenvalue weighted by Crippen LogP contribution is -2.08. The second-order valence-corrected chi connectivity index (χ2v) is 5.77. The van der Waals surface area contributed by atoms with Crippen molar-refractivity contribution in [2.45, 2.75) is 19.8 Å². The summed E-state index contributed by atoms with van der Waals surface area (Å²) in [6.45, 7) is 6.88. The van der Waals surface area contributed by atoms with Crippen LogP contribution >= 0.6 is 11.3 Å². The van der Waals surface area contributed by atoms with Gasteiger partial charge in [-0.25, -0.2) is 0 Å². The molecule has 1 aliphatic heterocycles. The highest BCUT2D eigenvalue weighted by molar-refractivity contribution is 7.16. The molecule has 0 amide bonds. The van der Waals surface area contributed by atoms with Gasteiger partial charge in [-0.3, -0.25) is 0 Å². The van der Waals surface area contributed by atoms with Crippen LogP contribution < -0.4 is 4.74 Å². The molecule has 0 bridgehead atoms. The third-order valence-corrected chi connectivity index (χ3v) is 4.51. The Morgan fingerprint density at radius 2 is 2.17 bits per heavy atom.